The predicted molar refractivity (Wildman–Crippen MR) is 106 cm³/mol. The van der Waals surface area contributed by atoms with Crippen LogP contribution in [0.2, 0.25) is 5.02 Å². The molecule has 0 saturated carbocycles. The molecule has 1 aromatic carbocycles. The summed E-state index contributed by atoms with van der Waals surface area (Å²) in [6, 6.07) is 9.61. The van der Waals surface area contributed by atoms with E-state index in [4.69, 9.17) is 16.3 Å². The first-order valence-electron chi connectivity index (χ1n) is 9.23. The van der Waals surface area contributed by atoms with Gasteiger partial charge in [-0.15, -0.1) is 0 Å². The van der Waals surface area contributed by atoms with Crippen molar-refractivity contribution in [3.63, 3.8) is 0 Å². The first kappa shape index (κ1) is 18.6. The topological polar surface area (TPSA) is 55.3 Å². The number of carbonyl (C=O) groups is 1. The van der Waals surface area contributed by atoms with Gasteiger partial charge in [-0.2, -0.15) is 4.98 Å². The second-order valence-electron chi connectivity index (χ2n) is 6.73. The summed E-state index contributed by atoms with van der Waals surface area (Å²) in [7, 11) is 0. The number of halogens is 2. The lowest BCUT2D eigenvalue weighted by atomic mass is 10.0. The molecule has 2 aromatic heterocycles. The van der Waals surface area contributed by atoms with Crippen molar-refractivity contribution in [3.05, 3.63) is 53.4 Å². The Morgan fingerprint density at radius 2 is 1.93 bits per heavy atom. The minimum Gasteiger partial charge on any atom is -0.467 e. The van der Waals surface area contributed by atoms with Crippen LogP contribution >= 0.6 is 11.6 Å². The van der Waals surface area contributed by atoms with E-state index in [0.29, 0.717) is 22.1 Å². The standard InChI is InChI=1S/C21H19ClFN3O2/c22-18-12-14(23)4-5-16(18)15-8-9-24-21-17(15)6-7-19(25-21)28-13-20(27)26-10-2-1-3-11-26/h4-9,12H,1-3,10-11,13H2. The highest BCUT2D eigenvalue weighted by atomic mass is 35.5. The minimum atomic E-state index is -0.390. The molecule has 3 heterocycles. The van der Waals surface area contributed by atoms with E-state index < -0.39 is 0 Å². The van der Waals surface area contributed by atoms with Crippen LogP contribution in [0.25, 0.3) is 22.2 Å². The number of pyridine rings is 2. The molecule has 1 fully saturated rings. The van der Waals surface area contributed by atoms with Gasteiger partial charge in [-0.25, -0.2) is 9.37 Å². The maximum Gasteiger partial charge on any atom is 0.260 e. The fourth-order valence-corrected chi connectivity index (χ4v) is 3.67. The van der Waals surface area contributed by atoms with Crippen LogP contribution in [0.4, 0.5) is 4.39 Å². The SMILES string of the molecule is O=C(COc1ccc2c(-c3ccc(F)cc3Cl)ccnc2n1)N1CCCCC1. The quantitative estimate of drug-likeness (QED) is 0.649. The molecule has 0 unspecified atom stereocenters. The fraction of sp³-hybridized carbons (Fsp3) is 0.286. The summed E-state index contributed by atoms with van der Waals surface area (Å²) in [5, 5.41) is 1.09. The highest BCUT2D eigenvalue weighted by Gasteiger charge is 2.17. The van der Waals surface area contributed by atoms with Crippen molar-refractivity contribution < 1.29 is 13.9 Å². The van der Waals surface area contributed by atoms with Gasteiger partial charge in [-0.3, -0.25) is 4.79 Å². The molecule has 3 aromatic rings. The molecular formula is C21H19ClFN3O2. The molecule has 0 spiro atoms. The molecule has 1 aliphatic rings. The number of fused-ring (bicyclic) bond motifs is 1. The average Bonchev–Trinajstić information content (AvgIpc) is 2.72. The lowest BCUT2D eigenvalue weighted by Crippen LogP contribution is -2.38. The lowest BCUT2D eigenvalue weighted by Gasteiger charge is -2.26. The summed E-state index contributed by atoms with van der Waals surface area (Å²) in [6.07, 6.45) is 4.87. The van der Waals surface area contributed by atoms with Crippen LogP contribution < -0.4 is 4.74 Å². The van der Waals surface area contributed by atoms with E-state index in [2.05, 4.69) is 9.97 Å². The minimum absolute atomic E-state index is 0.0265. The van der Waals surface area contributed by atoms with Crippen LogP contribution in [0.1, 0.15) is 19.3 Å². The number of hydrogen-bond acceptors (Lipinski definition) is 4. The van der Waals surface area contributed by atoms with Crippen LogP contribution in [0.15, 0.2) is 42.6 Å². The molecule has 0 aliphatic carbocycles. The van der Waals surface area contributed by atoms with Gasteiger partial charge in [0.25, 0.3) is 5.91 Å². The van der Waals surface area contributed by atoms with Gasteiger partial charge in [0, 0.05) is 36.3 Å². The monoisotopic (exact) mass is 399 g/mol. The van der Waals surface area contributed by atoms with E-state index in [1.165, 1.54) is 18.6 Å². The Morgan fingerprint density at radius 3 is 2.71 bits per heavy atom. The van der Waals surface area contributed by atoms with Crippen molar-refractivity contribution >= 4 is 28.5 Å². The summed E-state index contributed by atoms with van der Waals surface area (Å²) < 4.78 is 19.0. The van der Waals surface area contributed by atoms with Crippen molar-refractivity contribution in [1.29, 1.82) is 0 Å². The van der Waals surface area contributed by atoms with E-state index in [0.717, 1.165) is 36.9 Å². The molecule has 5 nitrogen and oxygen atoms in total. The molecule has 1 amide bonds. The summed E-state index contributed by atoms with van der Waals surface area (Å²) >= 11 is 6.21. The van der Waals surface area contributed by atoms with Crippen LogP contribution in [-0.4, -0.2) is 40.5 Å². The van der Waals surface area contributed by atoms with E-state index in [9.17, 15) is 9.18 Å². The molecule has 0 bridgehead atoms. The normalized spacial score (nSPS) is 14.3. The number of carbonyl (C=O) groups excluding carboxylic acids is 1. The van der Waals surface area contributed by atoms with Crippen LogP contribution in [0.3, 0.4) is 0 Å². The number of ether oxygens (including phenoxy) is 1. The van der Waals surface area contributed by atoms with Gasteiger partial charge >= 0.3 is 0 Å². The zero-order valence-corrected chi connectivity index (χ0v) is 16.0. The summed E-state index contributed by atoms with van der Waals surface area (Å²) in [6.45, 7) is 1.54. The predicted octanol–water partition coefficient (Wildman–Crippen LogP) is 4.48. The third-order valence-electron chi connectivity index (χ3n) is 4.85. The first-order valence-corrected chi connectivity index (χ1v) is 9.61. The zero-order valence-electron chi connectivity index (χ0n) is 15.2. The summed E-state index contributed by atoms with van der Waals surface area (Å²) in [5.41, 5.74) is 1.98. The number of aromatic nitrogens is 2. The molecule has 0 atom stereocenters. The van der Waals surface area contributed by atoms with Gasteiger partial charge < -0.3 is 9.64 Å². The Balaban J connectivity index is 1.55. The van der Waals surface area contributed by atoms with Gasteiger partial charge in [0.2, 0.25) is 5.88 Å². The third kappa shape index (κ3) is 3.92. The summed E-state index contributed by atoms with van der Waals surface area (Å²) in [4.78, 5) is 22.8. The Hall–Kier alpha value is -2.73. The Kier molecular flexibility index (Phi) is 5.39. The third-order valence-corrected chi connectivity index (χ3v) is 5.16. The fourth-order valence-electron chi connectivity index (χ4n) is 3.41. The van der Waals surface area contributed by atoms with Gasteiger partial charge in [0.1, 0.15) is 5.82 Å². The Labute approximate surface area is 167 Å². The Bertz CT molecular complexity index is 1020. The molecule has 144 valence electrons. The van der Waals surface area contributed by atoms with Crippen molar-refractivity contribution in [3.8, 4) is 17.0 Å². The smallest absolute Gasteiger partial charge is 0.260 e. The van der Waals surface area contributed by atoms with Gasteiger partial charge in [-0.05, 0) is 55.2 Å². The van der Waals surface area contributed by atoms with Crippen LogP contribution in [-0.2, 0) is 4.79 Å². The van der Waals surface area contributed by atoms with Crippen LogP contribution in [0, 0.1) is 5.82 Å². The average molecular weight is 400 g/mol. The molecule has 1 saturated heterocycles. The van der Waals surface area contributed by atoms with E-state index in [1.54, 1.807) is 18.3 Å². The van der Waals surface area contributed by atoms with Crippen molar-refractivity contribution in [2.45, 2.75) is 19.3 Å². The highest BCUT2D eigenvalue weighted by Crippen LogP contribution is 2.33. The van der Waals surface area contributed by atoms with Gasteiger partial charge in [-0.1, -0.05) is 11.6 Å². The maximum absolute atomic E-state index is 13.4. The number of amides is 1. The zero-order chi connectivity index (χ0) is 19.5. The van der Waals surface area contributed by atoms with Gasteiger partial charge in [0.15, 0.2) is 12.3 Å². The number of rotatable bonds is 4. The molecule has 28 heavy (non-hydrogen) atoms. The molecule has 4 rings (SSSR count). The largest absolute Gasteiger partial charge is 0.467 e. The number of benzene rings is 1. The van der Waals surface area contributed by atoms with Crippen molar-refractivity contribution in [2.75, 3.05) is 19.7 Å². The van der Waals surface area contributed by atoms with Crippen molar-refractivity contribution in [1.82, 2.24) is 14.9 Å². The number of nitrogens with zero attached hydrogens (tertiary/aromatic N) is 3. The van der Waals surface area contributed by atoms with Crippen molar-refractivity contribution in [2.24, 2.45) is 0 Å². The molecule has 0 N–H and O–H groups in total. The highest BCUT2D eigenvalue weighted by molar-refractivity contribution is 6.33. The van der Waals surface area contributed by atoms with E-state index >= 15 is 0 Å². The first-order chi connectivity index (χ1) is 13.6. The summed E-state index contributed by atoms with van der Waals surface area (Å²) in [5.74, 6) is -0.0755. The Morgan fingerprint density at radius 1 is 1.11 bits per heavy atom. The molecule has 0 radical (unpaired) electrons. The maximum atomic E-state index is 13.4. The second-order valence-corrected chi connectivity index (χ2v) is 7.14. The van der Waals surface area contributed by atoms with Crippen LogP contribution in [0.5, 0.6) is 5.88 Å². The lowest BCUT2D eigenvalue weighted by molar-refractivity contribution is -0.134. The van der Waals surface area contributed by atoms with E-state index in [-0.39, 0.29) is 18.3 Å². The number of hydrogen-bond donors (Lipinski definition) is 0. The molecule has 1 aliphatic heterocycles. The number of piperidine rings is 1. The second kappa shape index (κ2) is 8.10. The molecule has 7 heteroatoms. The molecular weight excluding hydrogens is 381 g/mol. The van der Waals surface area contributed by atoms with E-state index in [1.807, 2.05) is 17.0 Å². The number of likely N-dealkylation sites (tertiary alicyclic amines) is 1. The van der Waals surface area contributed by atoms with Gasteiger partial charge in [0.05, 0.1) is 5.02 Å².